The molecule has 0 saturated carbocycles. The van der Waals surface area contributed by atoms with Crippen molar-refractivity contribution in [2.45, 2.75) is 6.54 Å². The van der Waals surface area contributed by atoms with E-state index in [0.29, 0.717) is 5.56 Å². The molecule has 1 nitrogen and oxygen atoms in total. The Bertz CT molecular complexity index is 344. The first-order valence-electron chi connectivity index (χ1n) is 3.12. The van der Waals surface area contributed by atoms with E-state index in [9.17, 15) is 8.78 Å². The topological polar surface area (TPSA) is 4.36 Å². The van der Waals surface area contributed by atoms with Gasteiger partial charge in [-0.2, -0.15) is 0 Å². The number of halogens is 3. The van der Waals surface area contributed by atoms with Crippen molar-refractivity contribution in [3.05, 3.63) is 45.8 Å². The molecule has 0 spiro atoms. The number of hydrogen-bond acceptors (Lipinski definition) is 0. The van der Waals surface area contributed by atoms with Gasteiger partial charge >= 0.3 is 0 Å². The Morgan fingerprint density at radius 1 is 1.33 bits per heavy atom. The molecule has 1 aromatic carbocycles. The summed E-state index contributed by atoms with van der Waals surface area (Å²) in [5.41, 5.74) is 0.311. The predicted molar refractivity (Wildman–Crippen MR) is 41.7 cm³/mol. The van der Waals surface area contributed by atoms with Crippen LogP contribution in [0.25, 0.3) is 4.85 Å². The van der Waals surface area contributed by atoms with E-state index in [4.69, 9.17) is 18.2 Å². The van der Waals surface area contributed by atoms with Gasteiger partial charge in [0.15, 0.2) is 11.6 Å². The molecule has 0 fully saturated rings. The Labute approximate surface area is 73.4 Å². The molecular weight excluding hydrogens is 184 g/mol. The van der Waals surface area contributed by atoms with Gasteiger partial charge in [-0.3, -0.25) is 0 Å². The molecule has 0 atom stereocenters. The third kappa shape index (κ3) is 1.72. The fourth-order valence-electron chi connectivity index (χ4n) is 0.770. The van der Waals surface area contributed by atoms with Crippen molar-refractivity contribution >= 4 is 11.6 Å². The van der Waals surface area contributed by atoms with Crippen molar-refractivity contribution in [1.29, 1.82) is 0 Å². The lowest BCUT2D eigenvalue weighted by Crippen LogP contribution is -1.89. The van der Waals surface area contributed by atoms with Crippen LogP contribution in [0.5, 0.6) is 0 Å². The molecule has 0 aliphatic carbocycles. The first-order chi connectivity index (χ1) is 5.65. The normalized spacial score (nSPS) is 9.50. The lowest BCUT2D eigenvalue weighted by molar-refractivity contribution is 0.507. The van der Waals surface area contributed by atoms with Crippen LogP contribution in [0.1, 0.15) is 5.56 Å². The van der Waals surface area contributed by atoms with Gasteiger partial charge in [-0.25, -0.2) is 15.4 Å². The van der Waals surface area contributed by atoms with Gasteiger partial charge in [0.2, 0.25) is 6.54 Å². The van der Waals surface area contributed by atoms with Crippen LogP contribution in [0.3, 0.4) is 0 Å². The summed E-state index contributed by atoms with van der Waals surface area (Å²) >= 11 is 5.53. The Morgan fingerprint density at radius 3 is 2.50 bits per heavy atom. The van der Waals surface area contributed by atoms with Crippen molar-refractivity contribution in [3.8, 4) is 0 Å². The summed E-state index contributed by atoms with van der Waals surface area (Å²) in [5, 5.41) is 0.0879. The highest BCUT2D eigenvalue weighted by Crippen LogP contribution is 2.20. The highest BCUT2D eigenvalue weighted by molar-refractivity contribution is 6.31. The van der Waals surface area contributed by atoms with Gasteiger partial charge in [-0.15, -0.1) is 0 Å². The summed E-state index contributed by atoms with van der Waals surface area (Å²) in [6.45, 7) is 6.48. The second kappa shape index (κ2) is 3.51. The molecule has 0 radical (unpaired) electrons. The summed E-state index contributed by atoms with van der Waals surface area (Å²) in [6, 6.07) is 1.81. The quantitative estimate of drug-likeness (QED) is 0.470. The number of rotatable bonds is 1. The van der Waals surface area contributed by atoms with Crippen molar-refractivity contribution in [2.24, 2.45) is 0 Å². The van der Waals surface area contributed by atoms with Crippen LogP contribution in [0.2, 0.25) is 5.02 Å². The fourth-order valence-corrected chi connectivity index (χ4v) is 0.980. The minimum absolute atomic E-state index is 0.0317. The molecule has 12 heavy (non-hydrogen) atoms. The minimum Gasteiger partial charge on any atom is -0.312 e. The van der Waals surface area contributed by atoms with Gasteiger partial charge < -0.3 is 4.85 Å². The zero-order valence-corrected chi connectivity index (χ0v) is 6.70. The second-order valence-corrected chi connectivity index (χ2v) is 2.58. The van der Waals surface area contributed by atoms with Gasteiger partial charge in [-0.1, -0.05) is 11.6 Å². The third-order valence-electron chi connectivity index (χ3n) is 1.34. The highest BCUT2D eigenvalue weighted by Gasteiger charge is 2.09. The molecule has 1 aromatic rings. The average molecular weight is 188 g/mol. The van der Waals surface area contributed by atoms with E-state index in [1.165, 1.54) is 0 Å². The highest BCUT2D eigenvalue weighted by atomic mass is 35.5. The molecule has 0 bridgehead atoms. The maximum atomic E-state index is 12.5. The molecule has 0 N–H and O–H groups in total. The lowest BCUT2D eigenvalue weighted by Gasteiger charge is -1.97. The second-order valence-electron chi connectivity index (χ2n) is 2.17. The van der Waals surface area contributed by atoms with E-state index in [0.717, 1.165) is 12.1 Å². The molecule has 0 aliphatic heterocycles. The average Bonchev–Trinajstić information content (AvgIpc) is 2.01. The first-order valence-corrected chi connectivity index (χ1v) is 3.49. The summed E-state index contributed by atoms with van der Waals surface area (Å²) in [6.07, 6.45) is 0. The smallest absolute Gasteiger partial charge is 0.241 e. The van der Waals surface area contributed by atoms with Crippen LogP contribution in [0.15, 0.2) is 12.1 Å². The Hall–Kier alpha value is -1.14. The van der Waals surface area contributed by atoms with Crippen LogP contribution in [0.4, 0.5) is 8.78 Å². The Balaban J connectivity index is 3.16. The molecule has 0 unspecified atom stereocenters. The molecule has 0 aromatic heterocycles. The number of benzene rings is 1. The van der Waals surface area contributed by atoms with E-state index >= 15 is 0 Å². The van der Waals surface area contributed by atoms with Crippen molar-refractivity contribution in [1.82, 2.24) is 0 Å². The molecule has 1 rings (SSSR count). The van der Waals surface area contributed by atoms with Crippen LogP contribution in [-0.2, 0) is 6.54 Å². The summed E-state index contributed by atoms with van der Waals surface area (Å²) < 4.78 is 25.0. The number of hydrogen-bond donors (Lipinski definition) is 0. The predicted octanol–water partition coefficient (Wildman–Crippen LogP) is 3.04. The third-order valence-corrected chi connectivity index (χ3v) is 1.69. The molecule has 4 heteroatoms. The summed E-state index contributed by atoms with van der Waals surface area (Å²) in [4.78, 5) is 3.01. The molecule has 0 saturated heterocycles. The van der Waals surface area contributed by atoms with Crippen molar-refractivity contribution in [3.63, 3.8) is 0 Å². The molecular formula is C8H4ClF2N. The monoisotopic (exact) mass is 187 g/mol. The fraction of sp³-hybridized carbons (Fsp3) is 0.125. The summed E-state index contributed by atoms with van der Waals surface area (Å²) in [5.74, 6) is -1.97. The van der Waals surface area contributed by atoms with E-state index in [-0.39, 0.29) is 11.6 Å². The SMILES string of the molecule is [C-]#[N+]Cc1cc(F)c(F)cc1Cl. The van der Waals surface area contributed by atoms with E-state index in [1.54, 1.807) is 0 Å². The van der Waals surface area contributed by atoms with E-state index in [1.807, 2.05) is 0 Å². The van der Waals surface area contributed by atoms with Crippen LogP contribution >= 0.6 is 11.6 Å². The maximum Gasteiger partial charge on any atom is 0.241 e. The summed E-state index contributed by atoms with van der Waals surface area (Å²) in [7, 11) is 0. The van der Waals surface area contributed by atoms with Gasteiger partial charge in [0.05, 0.1) is 10.6 Å². The zero-order valence-electron chi connectivity index (χ0n) is 5.94. The van der Waals surface area contributed by atoms with E-state index < -0.39 is 11.6 Å². The Morgan fingerprint density at radius 2 is 1.92 bits per heavy atom. The van der Waals surface area contributed by atoms with Gasteiger partial charge in [-0.05, 0) is 12.1 Å². The van der Waals surface area contributed by atoms with Crippen molar-refractivity contribution < 1.29 is 8.78 Å². The minimum atomic E-state index is -0.992. The largest absolute Gasteiger partial charge is 0.312 e. The molecule has 0 aliphatic rings. The lowest BCUT2D eigenvalue weighted by atomic mass is 10.2. The number of nitrogens with zero attached hydrogens (tertiary/aromatic N) is 1. The Kier molecular flexibility index (Phi) is 2.61. The van der Waals surface area contributed by atoms with Crippen LogP contribution in [0, 0.1) is 18.2 Å². The molecule has 0 heterocycles. The van der Waals surface area contributed by atoms with E-state index in [2.05, 4.69) is 4.85 Å². The van der Waals surface area contributed by atoms with Gasteiger partial charge in [0.25, 0.3) is 0 Å². The molecule has 62 valence electrons. The zero-order chi connectivity index (χ0) is 9.14. The van der Waals surface area contributed by atoms with Gasteiger partial charge in [0.1, 0.15) is 0 Å². The first kappa shape index (κ1) is 8.95. The van der Waals surface area contributed by atoms with Crippen LogP contribution in [-0.4, -0.2) is 0 Å². The van der Waals surface area contributed by atoms with Crippen LogP contribution < -0.4 is 0 Å². The maximum absolute atomic E-state index is 12.5. The van der Waals surface area contributed by atoms with Gasteiger partial charge in [0, 0.05) is 0 Å². The van der Waals surface area contributed by atoms with Crippen molar-refractivity contribution in [2.75, 3.05) is 0 Å². The standard InChI is InChI=1S/C8H4ClF2N/c1-12-4-5-2-7(10)8(11)3-6(5)9/h2-3H,4H2. The molecule has 0 amide bonds.